The third-order valence-corrected chi connectivity index (χ3v) is 5.32. The van der Waals surface area contributed by atoms with Gasteiger partial charge in [0.05, 0.1) is 17.0 Å². The lowest BCUT2D eigenvalue weighted by Gasteiger charge is -2.26. The molecule has 3 aromatic rings. The third kappa shape index (κ3) is 3.09. The van der Waals surface area contributed by atoms with E-state index in [-0.39, 0.29) is 17.1 Å². The molecule has 0 N–H and O–H groups in total. The van der Waals surface area contributed by atoms with Crippen LogP contribution in [0.2, 0.25) is 0 Å². The lowest BCUT2D eigenvalue weighted by atomic mass is 9.98. The average molecular weight is 427 g/mol. The van der Waals surface area contributed by atoms with Gasteiger partial charge < -0.3 is 14.2 Å². The minimum atomic E-state index is -0.437. The minimum absolute atomic E-state index is 0.151. The van der Waals surface area contributed by atoms with Crippen molar-refractivity contribution in [3.63, 3.8) is 0 Å². The van der Waals surface area contributed by atoms with Gasteiger partial charge >= 0.3 is 0 Å². The number of carbonyl (C=O) groups excluding carboxylic acids is 1. The second-order valence-electron chi connectivity index (χ2n) is 6.93. The van der Waals surface area contributed by atoms with Crippen molar-refractivity contribution in [3.8, 4) is 0 Å². The van der Waals surface area contributed by atoms with Gasteiger partial charge in [-0.05, 0) is 37.9 Å². The average Bonchev–Trinajstić information content (AvgIpc) is 2.94. The molecule has 2 aromatic carbocycles. The predicted molar refractivity (Wildman–Crippen MR) is 108 cm³/mol. The van der Waals surface area contributed by atoms with E-state index >= 15 is 0 Å². The molecule has 5 nitrogen and oxygen atoms in total. The molecule has 1 aromatic heterocycles. The van der Waals surface area contributed by atoms with Crippen LogP contribution in [0.15, 0.2) is 62.2 Å². The monoisotopic (exact) mass is 426 g/mol. The van der Waals surface area contributed by atoms with Gasteiger partial charge in [0.1, 0.15) is 5.58 Å². The highest BCUT2D eigenvalue weighted by Gasteiger charge is 2.42. The lowest BCUT2D eigenvalue weighted by molar-refractivity contribution is 0.0716. The summed E-state index contributed by atoms with van der Waals surface area (Å²) in [6.07, 6.45) is 0. The molecule has 27 heavy (non-hydrogen) atoms. The summed E-state index contributed by atoms with van der Waals surface area (Å²) in [4.78, 5) is 30.2. The first-order valence-corrected chi connectivity index (χ1v) is 9.53. The van der Waals surface area contributed by atoms with E-state index in [1.54, 1.807) is 23.1 Å². The molecule has 2 heterocycles. The topological polar surface area (TPSA) is 53.8 Å². The number of carbonyl (C=O) groups is 1. The Morgan fingerprint density at radius 3 is 2.56 bits per heavy atom. The highest BCUT2D eigenvalue weighted by Crippen LogP contribution is 2.38. The Hall–Kier alpha value is -2.44. The SMILES string of the molecule is CN(C)CCN1C(=O)c2oc3ccc(Br)cc3c(=O)c2[C@@H]1c1ccccc1. The highest BCUT2D eigenvalue weighted by atomic mass is 79.9. The van der Waals surface area contributed by atoms with Crippen molar-refractivity contribution in [1.29, 1.82) is 0 Å². The predicted octanol–water partition coefficient (Wildman–Crippen LogP) is 3.66. The summed E-state index contributed by atoms with van der Waals surface area (Å²) >= 11 is 3.41. The molecule has 1 amide bonds. The van der Waals surface area contributed by atoms with Gasteiger partial charge in [-0.25, -0.2) is 0 Å². The van der Waals surface area contributed by atoms with E-state index in [4.69, 9.17) is 4.42 Å². The quantitative estimate of drug-likeness (QED) is 0.638. The molecule has 138 valence electrons. The molecule has 0 bridgehead atoms. The normalized spacial score (nSPS) is 16.4. The molecule has 0 unspecified atom stereocenters. The fourth-order valence-electron chi connectivity index (χ4n) is 3.51. The smallest absolute Gasteiger partial charge is 0.290 e. The van der Waals surface area contributed by atoms with Crippen LogP contribution in [0.3, 0.4) is 0 Å². The first-order valence-electron chi connectivity index (χ1n) is 8.74. The van der Waals surface area contributed by atoms with Gasteiger partial charge in [0.2, 0.25) is 5.76 Å². The second kappa shape index (κ2) is 6.94. The molecule has 1 aliphatic rings. The van der Waals surface area contributed by atoms with E-state index in [1.165, 1.54) is 0 Å². The summed E-state index contributed by atoms with van der Waals surface area (Å²) in [6, 6.07) is 14.5. The van der Waals surface area contributed by atoms with Crippen LogP contribution in [-0.2, 0) is 0 Å². The summed E-state index contributed by atoms with van der Waals surface area (Å²) in [7, 11) is 3.92. The van der Waals surface area contributed by atoms with Crippen LogP contribution in [0.4, 0.5) is 0 Å². The first kappa shape index (κ1) is 17.9. The van der Waals surface area contributed by atoms with Crippen molar-refractivity contribution < 1.29 is 9.21 Å². The lowest BCUT2D eigenvalue weighted by Crippen LogP contribution is -2.35. The van der Waals surface area contributed by atoms with Crippen molar-refractivity contribution in [2.45, 2.75) is 6.04 Å². The summed E-state index contributed by atoms with van der Waals surface area (Å²) < 4.78 is 6.71. The van der Waals surface area contributed by atoms with Crippen molar-refractivity contribution in [3.05, 3.63) is 80.1 Å². The zero-order valence-electron chi connectivity index (χ0n) is 15.1. The molecular weight excluding hydrogens is 408 g/mol. The van der Waals surface area contributed by atoms with Crippen LogP contribution < -0.4 is 5.43 Å². The Morgan fingerprint density at radius 1 is 1.11 bits per heavy atom. The first-order chi connectivity index (χ1) is 13.0. The molecule has 1 atom stereocenters. The molecule has 0 radical (unpaired) electrons. The maximum absolute atomic E-state index is 13.3. The van der Waals surface area contributed by atoms with E-state index in [2.05, 4.69) is 15.9 Å². The molecule has 6 heteroatoms. The van der Waals surface area contributed by atoms with Gasteiger partial charge in [0.25, 0.3) is 5.91 Å². The van der Waals surface area contributed by atoms with Crippen LogP contribution >= 0.6 is 15.9 Å². The van der Waals surface area contributed by atoms with Gasteiger partial charge in [0.15, 0.2) is 5.43 Å². The summed E-state index contributed by atoms with van der Waals surface area (Å²) in [6.45, 7) is 1.21. The molecule has 0 aliphatic carbocycles. The maximum Gasteiger partial charge on any atom is 0.290 e. The molecule has 0 fully saturated rings. The number of likely N-dealkylation sites (N-methyl/N-ethyl adjacent to an activating group) is 1. The number of fused-ring (bicyclic) bond motifs is 2. The van der Waals surface area contributed by atoms with Crippen molar-refractivity contribution in [2.75, 3.05) is 27.2 Å². The van der Waals surface area contributed by atoms with E-state index in [0.717, 1.165) is 10.0 Å². The Bertz CT molecular complexity index is 1080. The number of nitrogens with zero attached hydrogens (tertiary/aromatic N) is 2. The Balaban J connectivity index is 1.95. The van der Waals surface area contributed by atoms with Gasteiger partial charge in [-0.3, -0.25) is 9.59 Å². The number of benzene rings is 2. The largest absolute Gasteiger partial charge is 0.450 e. The van der Waals surface area contributed by atoms with Crippen molar-refractivity contribution in [1.82, 2.24) is 9.80 Å². The summed E-state index contributed by atoms with van der Waals surface area (Å²) in [5.41, 5.74) is 1.61. The van der Waals surface area contributed by atoms with E-state index in [1.807, 2.05) is 49.3 Å². The van der Waals surface area contributed by atoms with Gasteiger partial charge in [-0.1, -0.05) is 46.3 Å². The molecule has 0 spiro atoms. The van der Waals surface area contributed by atoms with Gasteiger partial charge in [-0.15, -0.1) is 0 Å². The van der Waals surface area contributed by atoms with E-state index < -0.39 is 6.04 Å². The summed E-state index contributed by atoms with van der Waals surface area (Å²) in [5, 5.41) is 0.478. The number of rotatable bonds is 4. The molecular formula is C21H19BrN2O3. The Morgan fingerprint density at radius 2 is 1.85 bits per heavy atom. The number of hydrogen-bond acceptors (Lipinski definition) is 4. The molecule has 0 saturated carbocycles. The number of hydrogen-bond donors (Lipinski definition) is 0. The standard InChI is InChI=1S/C21H19BrN2O3/c1-23(2)10-11-24-18(13-6-4-3-5-7-13)17-19(25)15-12-14(22)8-9-16(15)27-20(17)21(24)26/h3-9,12,18H,10-11H2,1-2H3/t18-/m0/s1. The fraction of sp³-hybridized carbons (Fsp3) is 0.238. The maximum atomic E-state index is 13.3. The third-order valence-electron chi connectivity index (χ3n) is 4.83. The second-order valence-corrected chi connectivity index (χ2v) is 7.85. The minimum Gasteiger partial charge on any atom is -0.450 e. The van der Waals surface area contributed by atoms with E-state index in [0.29, 0.717) is 29.6 Å². The summed E-state index contributed by atoms with van der Waals surface area (Å²) in [5.74, 6) is -0.0787. The Kier molecular flexibility index (Phi) is 4.61. The zero-order valence-corrected chi connectivity index (χ0v) is 16.7. The number of amides is 1. The van der Waals surface area contributed by atoms with Crippen molar-refractivity contribution >= 4 is 32.8 Å². The van der Waals surface area contributed by atoms with Crippen LogP contribution in [0, 0.1) is 0 Å². The van der Waals surface area contributed by atoms with Crippen molar-refractivity contribution in [2.24, 2.45) is 0 Å². The molecule has 4 rings (SSSR count). The Labute approximate surface area is 165 Å². The number of halogens is 1. The van der Waals surface area contributed by atoms with Crippen LogP contribution in [0.1, 0.15) is 27.7 Å². The van der Waals surface area contributed by atoms with Crippen LogP contribution in [-0.4, -0.2) is 42.9 Å². The molecule has 1 aliphatic heterocycles. The zero-order chi connectivity index (χ0) is 19.1. The highest BCUT2D eigenvalue weighted by molar-refractivity contribution is 9.10. The van der Waals surface area contributed by atoms with Crippen LogP contribution in [0.25, 0.3) is 11.0 Å². The van der Waals surface area contributed by atoms with Gasteiger partial charge in [-0.2, -0.15) is 0 Å². The van der Waals surface area contributed by atoms with Gasteiger partial charge in [0, 0.05) is 17.6 Å². The fourth-order valence-corrected chi connectivity index (χ4v) is 3.87. The van der Waals surface area contributed by atoms with E-state index in [9.17, 15) is 9.59 Å². The van der Waals surface area contributed by atoms with Crippen LogP contribution in [0.5, 0.6) is 0 Å². The molecule has 0 saturated heterocycles.